The first kappa shape index (κ1) is 9.77. The molecule has 0 saturated carbocycles. The molecule has 0 radical (unpaired) electrons. The second kappa shape index (κ2) is 4.07. The van der Waals surface area contributed by atoms with Crippen LogP contribution in [0.3, 0.4) is 0 Å². The Kier molecular flexibility index (Phi) is 3.06. The monoisotopic (exact) mass is 182 g/mol. The Morgan fingerprint density at radius 2 is 2.38 bits per heavy atom. The van der Waals surface area contributed by atoms with Crippen molar-refractivity contribution < 1.29 is 9.32 Å². The molecular formula is C9H14N2O2. The highest BCUT2D eigenvalue weighted by Crippen LogP contribution is 2.12. The zero-order valence-electron chi connectivity index (χ0n) is 8.13. The minimum atomic E-state index is 0.00120. The van der Waals surface area contributed by atoms with E-state index in [9.17, 15) is 4.79 Å². The first-order chi connectivity index (χ1) is 6.09. The Morgan fingerprint density at radius 1 is 1.69 bits per heavy atom. The van der Waals surface area contributed by atoms with Crippen LogP contribution in [-0.2, 0) is 4.79 Å². The van der Waals surface area contributed by atoms with E-state index in [4.69, 9.17) is 0 Å². The molecule has 4 nitrogen and oxygen atoms in total. The largest absolute Gasteiger partial charge is 0.362 e. The number of carbonyl (C=O) groups is 1. The SMILES string of the molecule is Cc1nocc1NC(=O)CC(C)C. The van der Waals surface area contributed by atoms with Crippen molar-refractivity contribution in [2.75, 3.05) is 5.32 Å². The van der Waals surface area contributed by atoms with Crippen molar-refractivity contribution in [2.45, 2.75) is 27.2 Å². The molecule has 0 saturated heterocycles. The Labute approximate surface area is 77.3 Å². The minimum absolute atomic E-state index is 0.00120. The minimum Gasteiger partial charge on any atom is -0.362 e. The molecule has 0 bridgehead atoms. The van der Waals surface area contributed by atoms with Crippen molar-refractivity contribution in [3.63, 3.8) is 0 Å². The molecule has 0 aromatic carbocycles. The van der Waals surface area contributed by atoms with Crippen LogP contribution in [0.2, 0.25) is 0 Å². The molecule has 1 rings (SSSR count). The quantitative estimate of drug-likeness (QED) is 0.777. The molecule has 0 atom stereocenters. The predicted molar refractivity (Wildman–Crippen MR) is 49.3 cm³/mol. The van der Waals surface area contributed by atoms with Crippen molar-refractivity contribution in [3.8, 4) is 0 Å². The number of nitrogens with one attached hydrogen (secondary N) is 1. The molecule has 0 aliphatic rings. The van der Waals surface area contributed by atoms with Crippen molar-refractivity contribution in [2.24, 2.45) is 5.92 Å². The molecule has 4 heteroatoms. The van der Waals surface area contributed by atoms with Crippen LogP contribution in [0, 0.1) is 12.8 Å². The van der Waals surface area contributed by atoms with Gasteiger partial charge in [-0.1, -0.05) is 19.0 Å². The zero-order valence-corrected chi connectivity index (χ0v) is 8.13. The molecule has 1 N–H and O–H groups in total. The number of hydrogen-bond acceptors (Lipinski definition) is 3. The van der Waals surface area contributed by atoms with Crippen molar-refractivity contribution in [3.05, 3.63) is 12.0 Å². The third-order valence-corrected chi connectivity index (χ3v) is 1.62. The third kappa shape index (κ3) is 2.89. The summed E-state index contributed by atoms with van der Waals surface area (Å²) in [5.41, 5.74) is 1.36. The number of aromatic nitrogens is 1. The average molecular weight is 182 g/mol. The Morgan fingerprint density at radius 3 is 2.85 bits per heavy atom. The molecule has 0 aliphatic carbocycles. The predicted octanol–water partition coefficient (Wildman–Crippen LogP) is 1.97. The van der Waals surface area contributed by atoms with Gasteiger partial charge in [0.2, 0.25) is 5.91 Å². The van der Waals surface area contributed by atoms with E-state index in [1.807, 2.05) is 13.8 Å². The summed E-state index contributed by atoms with van der Waals surface area (Å²) in [5, 5.41) is 6.39. The molecule has 1 amide bonds. The van der Waals surface area contributed by atoms with Gasteiger partial charge in [0, 0.05) is 6.42 Å². The second-order valence-electron chi connectivity index (χ2n) is 3.46. The van der Waals surface area contributed by atoms with Gasteiger partial charge in [0.15, 0.2) is 0 Å². The number of anilines is 1. The van der Waals surface area contributed by atoms with Gasteiger partial charge in [-0.2, -0.15) is 0 Å². The molecular weight excluding hydrogens is 168 g/mol. The highest BCUT2D eigenvalue weighted by molar-refractivity contribution is 5.91. The molecule has 1 aromatic rings. The lowest BCUT2D eigenvalue weighted by Gasteiger charge is -2.04. The number of amides is 1. The van der Waals surface area contributed by atoms with Gasteiger partial charge in [-0.15, -0.1) is 0 Å². The molecule has 1 aromatic heterocycles. The summed E-state index contributed by atoms with van der Waals surface area (Å²) in [7, 11) is 0. The Hall–Kier alpha value is -1.32. The first-order valence-corrected chi connectivity index (χ1v) is 4.30. The van der Waals surface area contributed by atoms with Crippen LogP contribution in [0.4, 0.5) is 5.69 Å². The van der Waals surface area contributed by atoms with Crippen LogP contribution in [0.1, 0.15) is 26.0 Å². The van der Waals surface area contributed by atoms with Crippen LogP contribution in [0.15, 0.2) is 10.8 Å². The fourth-order valence-corrected chi connectivity index (χ4v) is 0.985. The summed E-state index contributed by atoms with van der Waals surface area (Å²) in [6, 6.07) is 0. The van der Waals surface area contributed by atoms with Crippen LogP contribution in [0.25, 0.3) is 0 Å². The number of aryl methyl sites for hydroxylation is 1. The van der Waals surface area contributed by atoms with Gasteiger partial charge < -0.3 is 9.84 Å². The first-order valence-electron chi connectivity index (χ1n) is 4.30. The summed E-state index contributed by atoms with van der Waals surface area (Å²) >= 11 is 0. The van der Waals surface area contributed by atoms with Gasteiger partial charge in [-0.25, -0.2) is 0 Å². The standard InChI is InChI=1S/C9H14N2O2/c1-6(2)4-9(12)10-8-5-13-11-7(8)3/h5-6H,4H2,1-3H3,(H,10,12). The highest BCUT2D eigenvalue weighted by atomic mass is 16.5. The van der Waals surface area contributed by atoms with E-state index < -0.39 is 0 Å². The number of rotatable bonds is 3. The van der Waals surface area contributed by atoms with E-state index in [1.165, 1.54) is 6.26 Å². The highest BCUT2D eigenvalue weighted by Gasteiger charge is 2.08. The molecule has 0 spiro atoms. The molecule has 1 heterocycles. The van der Waals surface area contributed by atoms with E-state index >= 15 is 0 Å². The van der Waals surface area contributed by atoms with E-state index in [1.54, 1.807) is 6.92 Å². The van der Waals surface area contributed by atoms with Gasteiger partial charge in [0.1, 0.15) is 17.6 Å². The fourth-order valence-electron chi connectivity index (χ4n) is 0.985. The fraction of sp³-hybridized carbons (Fsp3) is 0.556. The van der Waals surface area contributed by atoms with E-state index in [0.29, 0.717) is 23.7 Å². The zero-order chi connectivity index (χ0) is 9.84. The lowest BCUT2D eigenvalue weighted by Crippen LogP contribution is -2.13. The Bertz CT molecular complexity index is 292. The summed E-state index contributed by atoms with van der Waals surface area (Å²) in [6.45, 7) is 5.79. The lowest BCUT2D eigenvalue weighted by molar-refractivity contribution is -0.116. The van der Waals surface area contributed by atoms with E-state index in [-0.39, 0.29) is 5.91 Å². The van der Waals surface area contributed by atoms with Crippen LogP contribution < -0.4 is 5.32 Å². The maximum absolute atomic E-state index is 11.3. The molecule has 13 heavy (non-hydrogen) atoms. The van der Waals surface area contributed by atoms with Crippen LogP contribution >= 0.6 is 0 Å². The lowest BCUT2D eigenvalue weighted by atomic mass is 10.1. The van der Waals surface area contributed by atoms with Crippen LogP contribution in [0.5, 0.6) is 0 Å². The van der Waals surface area contributed by atoms with Crippen molar-refractivity contribution in [1.29, 1.82) is 0 Å². The summed E-state index contributed by atoms with van der Waals surface area (Å²) < 4.78 is 4.69. The topological polar surface area (TPSA) is 55.1 Å². The second-order valence-corrected chi connectivity index (χ2v) is 3.46. The van der Waals surface area contributed by atoms with Gasteiger partial charge in [-0.3, -0.25) is 4.79 Å². The number of nitrogens with zero attached hydrogens (tertiary/aromatic N) is 1. The summed E-state index contributed by atoms with van der Waals surface area (Å²) in [5.74, 6) is 0.362. The summed E-state index contributed by atoms with van der Waals surface area (Å²) in [6.07, 6.45) is 1.96. The molecule has 72 valence electrons. The molecule has 0 aliphatic heterocycles. The van der Waals surface area contributed by atoms with Gasteiger partial charge in [0.05, 0.1) is 0 Å². The van der Waals surface area contributed by atoms with E-state index in [0.717, 1.165) is 0 Å². The maximum Gasteiger partial charge on any atom is 0.224 e. The number of carbonyl (C=O) groups excluding carboxylic acids is 1. The average Bonchev–Trinajstić information content (AvgIpc) is 2.34. The van der Waals surface area contributed by atoms with Gasteiger partial charge in [0.25, 0.3) is 0 Å². The van der Waals surface area contributed by atoms with Gasteiger partial charge >= 0.3 is 0 Å². The molecule has 0 fully saturated rings. The third-order valence-electron chi connectivity index (χ3n) is 1.62. The smallest absolute Gasteiger partial charge is 0.224 e. The van der Waals surface area contributed by atoms with Crippen molar-refractivity contribution in [1.82, 2.24) is 5.16 Å². The van der Waals surface area contributed by atoms with Crippen LogP contribution in [-0.4, -0.2) is 11.1 Å². The van der Waals surface area contributed by atoms with E-state index in [2.05, 4.69) is 15.0 Å². The molecule has 0 unspecified atom stereocenters. The van der Waals surface area contributed by atoms with Crippen molar-refractivity contribution >= 4 is 11.6 Å². The Balaban J connectivity index is 2.50. The number of hydrogen-bond donors (Lipinski definition) is 1. The van der Waals surface area contributed by atoms with Gasteiger partial charge in [-0.05, 0) is 12.8 Å². The normalized spacial score (nSPS) is 10.5. The summed E-state index contributed by atoms with van der Waals surface area (Å²) in [4.78, 5) is 11.3. The maximum atomic E-state index is 11.3.